The number of carbonyl (C=O) groups excluding carboxylic acids is 1. The predicted molar refractivity (Wildman–Crippen MR) is 119 cm³/mol. The molecule has 1 N–H and O–H groups in total. The highest BCUT2D eigenvalue weighted by Crippen LogP contribution is 2.28. The number of amides is 1. The summed E-state index contributed by atoms with van der Waals surface area (Å²) in [5.74, 6) is 0.898. The first kappa shape index (κ1) is 21.2. The van der Waals surface area contributed by atoms with E-state index in [1.165, 1.54) is 16.6 Å². The molecule has 0 aliphatic heterocycles. The highest BCUT2D eigenvalue weighted by Gasteiger charge is 2.16. The molecule has 0 atom stereocenters. The maximum atomic E-state index is 12.3. The van der Waals surface area contributed by atoms with Gasteiger partial charge in [-0.15, -0.1) is 21.5 Å². The van der Waals surface area contributed by atoms with Crippen LogP contribution < -0.4 is 5.32 Å². The van der Waals surface area contributed by atoms with Crippen LogP contribution in [0.5, 0.6) is 0 Å². The summed E-state index contributed by atoms with van der Waals surface area (Å²) < 4.78 is 2.03. The second-order valence-electron chi connectivity index (χ2n) is 6.10. The minimum Gasteiger partial charge on any atom is -0.325 e. The molecule has 0 radical (unpaired) electrons. The SMILES string of the molecule is CCCc1cc(-c2nnc(SCC(=O)Nc3cc(Cl)cc(Cl)c3)n2CC)cs1. The fourth-order valence-electron chi connectivity index (χ4n) is 2.72. The molecule has 2 aromatic heterocycles. The minimum atomic E-state index is -0.156. The van der Waals surface area contributed by atoms with Gasteiger partial charge in [-0.1, -0.05) is 48.3 Å². The van der Waals surface area contributed by atoms with Crippen LogP contribution in [-0.4, -0.2) is 26.4 Å². The van der Waals surface area contributed by atoms with E-state index in [2.05, 4.69) is 33.9 Å². The predicted octanol–water partition coefficient (Wildman–Crippen LogP) is 6.02. The fraction of sp³-hybridized carbons (Fsp3) is 0.316. The third-order valence-corrected chi connectivity index (χ3v) is 6.32. The number of anilines is 1. The monoisotopic (exact) mass is 454 g/mol. The molecular weight excluding hydrogens is 435 g/mol. The number of thioether (sulfide) groups is 1. The molecule has 2 heterocycles. The second kappa shape index (κ2) is 9.78. The number of hydrogen-bond donors (Lipinski definition) is 1. The van der Waals surface area contributed by atoms with E-state index in [4.69, 9.17) is 23.2 Å². The molecule has 0 unspecified atom stereocenters. The van der Waals surface area contributed by atoms with Crippen molar-refractivity contribution in [1.29, 1.82) is 0 Å². The van der Waals surface area contributed by atoms with E-state index in [0.717, 1.165) is 35.9 Å². The second-order valence-corrected chi connectivity index (χ2v) is 8.91. The smallest absolute Gasteiger partial charge is 0.234 e. The van der Waals surface area contributed by atoms with Gasteiger partial charge in [0.1, 0.15) is 0 Å². The van der Waals surface area contributed by atoms with Crippen LogP contribution in [0.15, 0.2) is 34.8 Å². The molecule has 28 heavy (non-hydrogen) atoms. The van der Waals surface area contributed by atoms with E-state index in [9.17, 15) is 4.79 Å². The lowest BCUT2D eigenvalue weighted by Crippen LogP contribution is -2.14. The third-order valence-electron chi connectivity index (χ3n) is 3.92. The zero-order valence-electron chi connectivity index (χ0n) is 15.5. The molecule has 3 aromatic rings. The third kappa shape index (κ3) is 5.29. The number of halogens is 2. The Kier molecular flexibility index (Phi) is 7.40. The molecule has 1 aromatic carbocycles. The van der Waals surface area contributed by atoms with Gasteiger partial charge in [0, 0.05) is 38.1 Å². The van der Waals surface area contributed by atoms with Gasteiger partial charge in [0.25, 0.3) is 0 Å². The summed E-state index contributed by atoms with van der Waals surface area (Å²) >= 11 is 15.0. The Morgan fingerprint density at radius 3 is 2.61 bits per heavy atom. The van der Waals surface area contributed by atoms with Gasteiger partial charge in [0.2, 0.25) is 5.91 Å². The van der Waals surface area contributed by atoms with Gasteiger partial charge in [-0.25, -0.2) is 0 Å². The summed E-state index contributed by atoms with van der Waals surface area (Å²) in [6, 6.07) is 7.11. The maximum absolute atomic E-state index is 12.3. The summed E-state index contributed by atoms with van der Waals surface area (Å²) in [4.78, 5) is 13.6. The number of aryl methyl sites for hydroxylation is 1. The molecule has 9 heteroatoms. The van der Waals surface area contributed by atoms with Crippen molar-refractivity contribution >= 4 is 57.9 Å². The lowest BCUT2D eigenvalue weighted by atomic mass is 10.2. The van der Waals surface area contributed by atoms with E-state index in [1.807, 2.05) is 11.5 Å². The number of benzene rings is 1. The van der Waals surface area contributed by atoms with E-state index in [-0.39, 0.29) is 11.7 Å². The number of carbonyl (C=O) groups is 1. The van der Waals surface area contributed by atoms with Crippen molar-refractivity contribution in [2.24, 2.45) is 0 Å². The molecule has 0 spiro atoms. The highest BCUT2D eigenvalue weighted by molar-refractivity contribution is 7.99. The molecule has 0 aliphatic carbocycles. The number of nitrogens with one attached hydrogen (secondary N) is 1. The topological polar surface area (TPSA) is 59.8 Å². The lowest BCUT2D eigenvalue weighted by Gasteiger charge is -2.08. The normalized spacial score (nSPS) is 11.0. The first-order chi connectivity index (χ1) is 13.5. The van der Waals surface area contributed by atoms with E-state index in [1.54, 1.807) is 29.5 Å². The number of hydrogen-bond acceptors (Lipinski definition) is 5. The first-order valence-corrected chi connectivity index (χ1v) is 11.5. The van der Waals surface area contributed by atoms with Crippen molar-refractivity contribution in [2.75, 3.05) is 11.1 Å². The van der Waals surface area contributed by atoms with Crippen LogP contribution in [0.25, 0.3) is 11.4 Å². The standard InChI is InChI=1S/C19H20Cl2N4OS2/c1-3-5-16-6-12(10-27-16)18-23-24-19(25(18)4-2)28-11-17(26)22-15-8-13(20)7-14(21)9-15/h6-10H,3-5,11H2,1-2H3,(H,22,26). The van der Waals surface area contributed by atoms with Gasteiger partial charge in [-0.3, -0.25) is 4.79 Å². The van der Waals surface area contributed by atoms with Crippen LogP contribution >= 0.6 is 46.3 Å². The van der Waals surface area contributed by atoms with Gasteiger partial charge >= 0.3 is 0 Å². The molecule has 3 rings (SSSR count). The van der Waals surface area contributed by atoms with Crippen LogP contribution in [0, 0.1) is 0 Å². The minimum absolute atomic E-state index is 0.156. The summed E-state index contributed by atoms with van der Waals surface area (Å²) in [5, 5.41) is 15.2. The average molecular weight is 455 g/mol. The van der Waals surface area contributed by atoms with E-state index in [0.29, 0.717) is 15.7 Å². The highest BCUT2D eigenvalue weighted by atomic mass is 35.5. The van der Waals surface area contributed by atoms with Crippen molar-refractivity contribution in [1.82, 2.24) is 14.8 Å². The van der Waals surface area contributed by atoms with Crippen LogP contribution in [-0.2, 0) is 17.8 Å². The Morgan fingerprint density at radius 1 is 1.18 bits per heavy atom. The van der Waals surface area contributed by atoms with Crippen LogP contribution in [0.1, 0.15) is 25.1 Å². The summed E-state index contributed by atoms with van der Waals surface area (Å²) in [7, 11) is 0. The molecule has 0 bridgehead atoms. The van der Waals surface area contributed by atoms with Crippen molar-refractivity contribution in [3.63, 3.8) is 0 Å². The van der Waals surface area contributed by atoms with E-state index < -0.39 is 0 Å². The van der Waals surface area contributed by atoms with Crippen LogP contribution in [0.4, 0.5) is 5.69 Å². The van der Waals surface area contributed by atoms with Gasteiger partial charge in [-0.2, -0.15) is 0 Å². The lowest BCUT2D eigenvalue weighted by molar-refractivity contribution is -0.113. The van der Waals surface area contributed by atoms with Gasteiger partial charge < -0.3 is 9.88 Å². The van der Waals surface area contributed by atoms with Crippen LogP contribution in [0.2, 0.25) is 10.0 Å². The molecule has 0 fully saturated rings. The summed E-state index contributed by atoms with van der Waals surface area (Å²) in [6.07, 6.45) is 2.19. The quantitative estimate of drug-likeness (QED) is 0.422. The maximum Gasteiger partial charge on any atom is 0.234 e. The molecule has 0 saturated carbocycles. The van der Waals surface area contributed by atoms with Gasteiger partial charge in [0.15, 0.2) is 11.0 Å². The molecule has 5 nitrogen and oxygen atoms in total. The average Bonchev–Trinajstić information content (AvgIpc) is 3.25. The van der Waals surface area contributed by atoms with Gasteiger partial charge in [-0.05, 0) is 37.6 Å². The Hall–Kier alpha value is -1.54. The Morgan fingerprint density at radius 2 is 1.93 bits per heavy atom. The molecule has 0 aliphatic rings. The van der Waals surface area contributed by atoms with Crippen LogP contribution in [0.3, 0.4) is 0 Å². The number of rotatable bonds is 8. The number of aromatic nitrogens is 3. The fourth-order valence-corrected chi connectivity index (χ4v) is 5.02. The molecule has 0 saturated heterocycles. The Labute approximate surface area is 182 Å². The van der Waals surface area contributed by atoms with Crippen molar-refractivity contribution in [3.8, 4) is 11.4 Å². The molecule has 1 amide bonds. The number of nitrogens with zero attached hydrogens (tertiary/aromatic N) is 3. The van der Waals surface area contributed by atoms with Crippen molar-refractivity contribution in [3.05, 3.63) is 44.6 Å². The molecule has 148 valence electrons. The summed E-state index contributed by atoms with van der Waals surface area (Å²) in [5.41, 5.74) is 1.65. The Bertz CT molecular complexity index is 951. The largest absolute Gasteiger partial charge is 0.325 e. The Balaban J connectivity index is 1.67. The van der Waals surface area contributed by atoms with Crippen molar-refractivity contribution in [2.45, 2.75) is 38.4 Å². The zero-order valence-corrected chi connectivity index (χ0v) is 18.7. The first-order valence-electron chi connectivity index (χ1n) is 8.89. The summed E-state index contributed by atoms with van der Waals surface area (Å²) in [6.45, 7) is 4.95. The molecular formula is C19H20Cl2N4OS2. The number of thiophene rings is 1. The van der Waals surface area contributed by atoms with Crippen molar-refractivity contribution < 1.29 is 4.79 Å². The van der Waals surface area contributed by atoms with E-state index >= 15 is 0 Å². The van der Waals surface area contributed by atoms with Gasteiger partial charge in [0.05, 0.1) is 5.75 Å². The zero-order chi connectivity index (χ0) is 20.1.